The number of nitrogens with zero attached hydrogens (tertiary/aromatic N) is 2. The van der Waals surface area contributed by atoms with Gasteiger partial charge >= 0.3 is 12.1 Å². The van der Waals surface area contributed by atoms with Gasteiger partial charge in [-0.25, -0.2) is 14.8 Å². The Bertz CT molecular complexity index is 632. The number of carbonyl (C=O) groups is 1. The maximum absolute atomic E-state index is 12.6. The van der Waals surface area contributed by atoms with Crippen LogP contribution in [-0.2, 0) is 6.18 Å². The Kier molecular flexibility index (Phi) is 3.93. The van der Waals surface area contributed by atoms with E-state index in [1.54, 1.807) is 18.2 Å². The number of aromatic nitrogens is 2. The third-order valence-electron chi connectivity index (χ3n) is 2.22. The van der Waals surface area contributed by atoms with Crippen molar-refractivity contribution in [1.29, 1.82) is 0 Å². The van der Waals surface area contributed by atoms with Crippen LogP contribution < -0.4 is 0 Å². The summed E-state index contributed by atoms with van der Waals surface area (Å²) >= 11 is 0.770. The predicted molar refractivity (Wildman–Crippen MR) is 64.6 cm³/mol. The highest BCUT2D eigenvalue weighted by Gasteiger charge is 2.33. The molecule has 0 saturated carbocycles. The monoisotopic (exact) mass is 300 g/mol. The van der Waals surface area contributed by atoms with E-state index in [0.717, 1.165) is 17.8 Å². The Balaban J connectivity index is 2.45. The fraction of sp³-hybridized carbons (Fsp3) is 0.0833. The molecule has 0 aliphatic heterocycles. The second-order valence-corrected chi connectivity index (χ2v) is 4.63. The highest BCUT2D eigenvalue weighted by Crippen LogP contribution is 2.33. The first-order valence-electron chi connectivity index (χ1n) is 5.28. The van der Waals surface area contributed by atoms with Crippen LogP contribution in [0.3, 0.4) is 0 Å². The number of hydrogen-bond acceptors (Lipinski definition) is 4. The molecule has 1 N–H and O–H groups in total. The Labute approximate surface area is 115 Å². The Hall–Kier alpha value is -2.09. The first-order valence-corrected chi connectivity index (χ1v) is 6.10. The molecule has 104 valence electrons. The third kappa shape index (κ3) is 3.27. The van der Waals surface area contributed by atoms with Crippen LogP contribution in [0.1, 0.15) is 16.1 Å². The van der Waals surface area contributed by atoms with Crippen molar-refractivity contribution < 1.29 is 23.1 Å². The van der Waals surface area contributed by atoms with E-state index in [1.165, 1.54) is 6.20 Å². The molecular formula is C12H7F3N2O2S. The van der Waals surface area contributed by atoms with E-state index in [9.17, 15) is 18.0 Å². The number of alkyl halides is 3. The number of rotatable bonds is 3. The molecule has 0 atom stereocenters. The van der Waals surface area contributed by atoms with Crippen LogP contribution in [0.5, 0.6) is 0 Å². The van der Waals surface area contributed by atoms with Crippen LogP contribution >= 0.6 is 11.8 Å². The van der Waals surface area contributed by atoms with Gasteiger partial charge in [-0.1, -0.05) is 6.07 Å². The minimum absolute atomic E-state index is 0.244. The van der Waals surface area contributed by atoms with Crippen LogP contribution in [0.2, 0.25) is 0 Å². The zero-order valence-electron chi connectivity index (χ0n) is 9.76. The summed E-state index contributed by atoms with van der Waals surface area (Å²) in [5.74, 6) is -1.34. The van der Waals surface area contributed by atoms with Crippen LogP contribution in [0.15, 0.2) is 46.6 Å². The van der Waals surface area contributed by atoms with Crippen LogP contribution in [0.25, 0.3) is 0 Å². The summed E-state index contributed by atoms with van der Waals surface area (Å²) in [4.78, 5) is 18.3. The molecule has 0 saturated heterocycles. The normalized spacial score (nSPS) is 11.3. The molecule has 2 aromatic heterocycles. The molecule has 2 rings (SSSR count). The molecule has 0 radical (unpaired) electrons. The molecule has 8 heteroatoms. The van der Waals surface area contributed by atoms with Crippen molar-refractivity contribution in [3.8, 4) is 0 Å². The lowest BCUT2D eigenvalue weighted by Crippen LogP contribution is -2.11. The molecule has 0 spiro atoms. The topological polar surface area (TPSA) is 63.1 Å². The molecule has 0 bridgehead atoms. The molecule has 0 amide bonds. The first kappa shape index (κ1) is 14.3. The minimum Gasteiger partial charge on any atom is -0.478 e. The van der Waals surface area contributed by atoms with Crippen molar-refractivity contribution in [2.24, 2.45) is 0 Å². The van der Waals surface area contributed by atoms with Gasteiger partial charge in [-0.15, -0.1) is 0 Å². The van der Waals surface area contributed by atoms with Gasteiger partial charge in [-0.2, -0.15) is 13.2 Å². The van der Waals surface area contributed by atoms with E-state index in [-0.39, 0.29) is 10.6 Å². The Morgan fingerprint density at radius 3 is 2.50 bits per heavy atom. The molecule has 0 aliphatic rings. The Morgan fingerprint density at radius 1 is 1.20 bits per heavy atom. The van der Waals surface area contributed by atoms with Crippen LogP contribution in [-0.4, -0.2) is 21.0 Å². The molecule has 4 nitrogen and oxygen atoms in total. The van der Waals surface area contributed by atoms with E-state index < -0.39 is 17.8 Å². The number of pyridine rings is 2. The van der Waals surface area contributed by atoms with E-state index >= 15 is 0 Å². The number of halogens is 3. The van der Waals surface area contributed by atoms with Crippen molar-refractivity contribution in [3.05, 3.63) is 47.8 Å². The highest BCUT2D eigenvalue weighted by atomic mass is 32.2. The van der Waals surface area contributed by atoms with E-state index in [1.807, 2.05) is 0 Å². The molecule has 20 heavy (non-hydrogen) atoms. The molecule has 0 fully saturated rings. The fourth-order valence-corrected chi connectivity index (χ4v) is 2.21. The second-order valence-electron chi connectivity index (χ2n) is 3.62. The summed E-state index contributed by atoms with van der Waals surface area (Å²) in [6, 6.07) is 6.37. The van der Waals surface area contributed by atoms with Crippen molar-refractivity contribution in [2.75, 3.05) is 0 Å². The van der Waals surface area contributed by atoms with Gasteiger partial charge in [0.1, 0.15) is 15.7 Å². The summed E-state index contributed by atoms with van der Waals surface area (Å²) < 4.78 is 37.8. The Morgan fingerprint density at radius 2 is 1.95 bits per heavy atom. The smallest absolute Gasteiger partial charge is 0.433 e. The maximum atomic E-state index is 12.6. The molecule has 2 heterocycles. The molecule has 0 aliphatic carbocycles. The van der Waals surface area contributed by atoms with Crippen LogP contribution in [0, 0.1) is 0 Å². The van der Waals surface area contributed by atoms with Gasteiger partial charge in [0.2, 0.25) is 0 Å². The lowest BCUT2D eigenvalue weighted by molar-refractivity contribution is -0.141. The van der Waals surface area contributed by atoms with Gasteiger partial charge < -0.3 is 5.11 Å². The van der Waals surface area contributed by atoms with Gasteiger partial charge in [0.25, 0.3) is 0 Å². The quantitative estimate of drug-likeness (QED) is 0.942. The van der Waals surface area contributed by atoms with Gasteiger partial charge in [0.05, 0.1) is 5.56 Å². The van der Waals surface area contributed by atoms with Crippen molar-refractivity contribution in [2.45, 2.75) is 16.2 Å². The largest absolute Gasteiger partial charge is 0.478 e. The van der Waals surface area contributed by atoms with Gasteiger partial charge in [0, 0.05) is 6.20 Å². The van der Waals surface area contributed by atoms with E-state index in [4.69, 9.17) is 5.11 Å². The van der Waals surface area contributed by atoms with Crippen molar-refractivity contribution in [1.82, 2.24) is 9.97 Å². The minimum atomic E-state index is -4.63. The third-order valence-corrected chi connectivity index (χ3v) is 3.18. The average molecular weight is 300 g/mol. The summed E-state index contributed by atoms with van der Waals surface area (Å²) in [6.07, 6.45) is -3.17. The fourth-order valence-electron chi connectivity index (χ4n) is 1.35. The van der Waals surface area contributed by atoms with Crippen LogP contribution in [0.4, 0.5) is 13.2 Å². The van der Waals surface area contributed by atoms with Crippen molar-refractivity contribution in [3.63, 3.8) is 0 Å². The second kappa shape index (κ2) is 5.49. The lowest BCUT2D eigenvalue weighted by Gasteiger charge is -2.09. The molecule has 0 aromatic carbocycles. The summed E-state index contributed by atoms with van der Waals surface area (Å²) in [6.45, 7) is 0. The summed E-state index contributed by atoms with van der Waals surface area (Å²) in [5, 5.41) is 9.10. The zero-order valence-corrected chi connectivity index (χ0v) is 10.6. The predicted octanol–water partition coefficient (Wildman–Crippen LogP) is 3.34. The average Bonchev–Trinajstić information content (AvgIpc) is 2.38. The lowest BCUT2D eigenvalue weighted by atomic mass is 10.2. The standard InChI is InChI=1S/C12H7F3N2O2S/c13-12(14,15)8-5-4-7(11(18)19)10(17-8)20-9-3-1-2-6-16-9/h1-6H,(H,18,19). The van der Waals surface area contributed by atoms with E-state index in [2.05, 4.69) is 9.97 Å². The van der Waals surface area contributed by atoms with E-state index in [0.29, 0.717) is 11.1 Å². The van der Waals surface area contributed by atoms with Gasteiger partial charge in [-0.3, -0.25) is 0 Å². The SMILES string of the molecule is O=C(O)c1ccc(C(F)(F)F)nc1Sc1ccccn1. The highest BCUT2D eigenvalue weighted by molar-refractivity contribution is 7.99. The summed E-state index contributed by atoms with van der Waals surface area (Å²) in [7, 11) is 0. The molecular weight excluding hydrogens is 293 g/mol. The molecule has 2 aromatic rings. The number of hydrogen-bond donors (Lipinski definition) is 1. The maximum Gasteiger partial charge on any atom is 0.433 e. The van der Waals surface area contributed by atoms with Crippen molar-refractivity contribution >= 4 is 17.7 Å². The summed E-state index contributed by atoms with van der Waals surface area (Å²) in [5.41, 5.74) is -1.44. The zero-order chi connectivity index (χ0) is 14.8. The number of carboxylic acid groups (broad SMARTS) is 1. The molecule has 0 unspecified atom stereocenters. The number of aromatic carboxylic acids is 1. The van der Waals surface area contributed by atoms with Gasteiger partial charge in [-0.05, 0) is 36.0 Å². The van der Waals surface area contributed by atoms with Gasteiger partial charge in [0.15, 0.2) is 0 Å². The first-order chi connectivity index (χ1) is 9.38. The number of carboxylic acids is 1.